The fourth-order valence-electron chi connectivity index (χ4n) is 7.80. The maximum Gasteiger partial charge on any atom is 0 e. The van der Waals surface area contributed by atoms with Crippen LogP contribution in [0.3, 0.4) is 0 Å². The first-order valence-electron chi connectivity index (χ1n) is 23.0. The molecule has 2 aliphatic heterocycles. The number of pyridine rings is 5. The monoisotopic (exact) mass is 1320 g/mol. The van der Waals surface area contributed by atoms with Gasteiger partial charge in [0.05, 0.1) is 76.0 Å². The molecule has 3 atom stereocenters. The van der Waals surface area contributed by atoms with Gasteiger partial charge in [-0.1, -0.05) is 31.5 Å². The number of ether oxygens (including phenoxy) is 4. The molecule has 6 aromatic rings. The van der Waals surface area contributed by atoms with Gasteiger partial charge in [-0.15, -0.1) is 0 Å². The average molecular weight is 1320 g/mol. The van der Waals surface area contributed by atoms with E-state index in [0.29, 0.717) is 17.8 Å². The number of methoxy groups -OCH3 is 4. The Morgan fingerprint density at radius 1 is 0.662 bits per heavy atom. The van der Waals surface area contributed by atoms with E-state index in [1.165, 1.54) is 34.3 Å². The van der Waals surface area contributed by atoms with Crippen LogP contribution in [0.5, 0.6) is 23.0 Å². The SMILES string of the molecule is COc1ccnc(-c2cc(OC)ccn2)c1.COc1ccnc(-c2cc(OC)ccn2)c1.[CH2-][n+]1ccc(C(CC)CC(CC(CC)C2=[C+]C=[N+](CCCn3ccnc3)C=C2)C2=[C+]C=NC=C2)cc1.[Cl][Os].[W]. The molecule has 6 aromatic heterocycles. The number of halogens is 1. The summed E-state index contributed by atoms with van der Waals surface area (Å²) in [4.78, 5) is 25.3. The molecule has 0 saturated heterocycles. The number of allylic oxidation sites excluding steroid dienone is 6. The van der Waals surface area contributed by atoms with E-state index in [-0.39, 0.29) is 21.1 Å². The van der Waals surface area contributed by atoms with Gasteiger partial charge in [-0.25, -0.2) is 9.98 Å². The Balaban J connectivity index is 0.000000259. The van der Waals surface area contributed by atoms with Gasteiger partial charge in [-0.3, -0.25) is 19.9 Å². The maximum absolute atomic E-state index is 5.13. The molecule has 8 heterocycles. The van der Waals surface area contributed by atoms with Crippen LogP contribution in [-0.4, -0.2) is 81.5 Å². The quantitative estimate of drug-likeness (QED) is 0.0576. The van der Waals surface area contributed by atoms with E-state index in [0.717, 1.165) is 91.0 Å². The van der Waals surface area contributed by atoms with Crippen molar-refractivity contribution >= 4 is 22.1 Å². The standard InChI is InChI=1S/C31H38N5.2C12H12N2O2.ClH.Os.W/c1-4-26(29-9-18-34(3)19-10-29)23-31(28-7-13-32-14-8-28)24-27(5-2)30-11-20-35(21-12-30)16-6-17-36-22-15-33-25-36;2*1-15-9-3-5-13-11(7-9)12-8-10(16-2)4-6-14-12;;;/h7,9-11,13-15,18-22,25-27,31H,3-6,16-17,23-24H2,1-2H3;2*3-8H,1-2H3;1H;;/q+3;;;;+1;/p-1. The number of imidazole rings is 1. The van der Waals surface area contributed by atoms with Crippen LogP contribution in [0.1, 0.15) is 57.4 Å². The van der Waals surface area contributed by atoms with Crippen LogP contribution in [-0.2, 0) is 45.2 Å². The Morgan fingerprint density at radius 2 is 1.15 bits per heavy atom. The number of hydrogen-bond acceptors (Lipinski definition) is 10. The van der Waals surface area contributed by atoms with Gasteiger partial charge in [-0.2, -0.15) is 4.58 Å². The van der Waals surface area contributed by atoms with Crippen molar-refractivity contribution in [1.29, 1.82) is 0 Å². The summed E-state index contributed by atoms with van der Waals surface area (Å²) in [5, 5.41) is 0. The average Bonchev–Trinajstić information content (AvgIpc) is 3.96. The second kappa shape index (κ2) is 31.9. The van der Waals surface area contributed by atoms with E-state index in [1.807, 2.05) is 66.1 Å². The van der Waals surface area contributed by atoms with Crippen molar-refractivity contribution < 1.29 is 66.8 Å². The van der Waals surface area contributed by atoms with E-state index in [1.54, 1.807) is 83.7 Å². The molecule has 8 rings (SSSR count). The molecular weight excluding hydrogens is 1260 g/mol. The predicted molar refractivity (Wildman–Crippen MR) is 272 cm³/mol. The maximum atomic E-state index is 5.13. The second-order valence-corrected chi connectivity index (χ2v) is 16.0. The minimum Gasteiger partial charge on any atom is 0 e. The number of rotatable bonds is 19. The Bertz CT molecular complexity index is 2510. The Morgan fingerprint density at radius 3 is 1.56 bits per heavy atom. The van der Waals surface area contributed by atoms with Crippen LogP contribution >= 0.6 is 9.64 Å². The minimum absolute atomic E-state index is 0. The summed E-state index contributed by atoms with van der Waals surface area (Å²) < 4.78 is 26.7. The number of nitrogens with zero attached hydrogens (tertiary/aromatic N) is 9. The van der Waals surface area contributed by atoms with Gasteiger partial charge in [0.15, 0.2) is 30.0 Å². The zero-order valence-corrected chi connectivity index (χ0v) is 47.4. The van der Waals surface area contributed by atoms with Gasteiger partial charge < -0.3 is 28.1 Å². The minimum atomic E-state index is 0. The van der Waals surface area contributed by atoms with Crippen molar-refractivity contribution in [1.82, 2.24) is 29.5 Å². The third-order valence-corrected chi connectivity index (χ3v) is 11.7. The topological polar surface area (TPSA) is 126 Å². The molecule has 0 fully saturated rings. The summed E-state index contributed by atoms with van der Waals surface area (Å²) in [5.74, 6) is 4.39. The van der Waals surface area contributed by atoms with Gasteiger partial charge >= 0.3 is 33.5 Å². The molecular formula is C55H62ClN9O4OsW+3. The van der Waals surface area contributed by atoms with E-state index < -0.39 is 0 Å². The fraction of sp³-hybridized carbons (Fsp3) is 0.291. The van der Waals surface area contributed by atoms with Crippen molar-refractivity contribution in [3.8, 4) is 45.8 Å². The Labute approximate surface area is 448 Å². The van der Waals surface area contributed by atoms with E-state index >= 15 is 0 Å². The molecule has 0 spiro atoms. The van der Waals surface area contributed by atoms with Crippen LogP contribution in [0, 0.1) is 31.0 Å². The van der Waals surface area contributed by atoms with Gasteiger partial charge in [0, 0.05) is 114 Å². The first kappa shape index (κ1) is 57.3. The number of aliphatic imine (C=N–C) groups is 1. The molecule has 16 heteroatoms. The molecule has 0 radical (unpaired) electrons. The summed E-state index contributed by atoms with van der Waals surface area (Å²) in [6.45, 7) is 6.53. The summed E-state index contributed by atoms with van der Waals surface area (Å²) in [6.07, 6.45) is 41.5. The van der Waals surface area contributed by atoms with Gasteiger partial charge in [0.2, 0.25) is 0 Å². The molecule has 71 heavy (non-hydrogen) atoms. The molecule has 0 aliphatic carbocycles. The molecule has 0 saturated carbocycles. The smallest absolute Gasteiger partial charge is 0 e. The van der Waals surface area contributed by atoms with Crippen LogP contribution in [0.25, 0.3) is 22.8 Å². The summed E-state index contributed by atoms with van der Waals surface area (Å²) >= 11 is 1.33. The molecule has 0 amide bonds. The fourth-order valence-corrected chi connectivity index (χ4v) is 7.80. The van der Waals surface area contributed by atoms with Crippen LogP contribution in [0.4, 0.5) is 0 Å². The number of hydrogen-bond donors (Lipinski definition) is 0. The van der Waals surface area contributed by atoms with Crippen molar-refractivity contribution in [2.24, 2.45) is 16.8 Å². The van der Waals surface area contributed by atoms with E-state index in [4.69, 9.17) is 18.9 Å². The van der Waals surface area contributed by atoms with Crippen LogP contribution in [0.15, 0.2) is 157 Å². The molecule has 3 unspecified atom stereocenters. The van der Waals surface area contributed by atoms with Crippen molar-refractivity contribution in [2.45, 2.75) is 58.4 Å². The zero-order valence-electron chi connectivity index (χ0n) is 41.1. The summed E-state index contributed by atoms with van der Waals surface area (Å²) in [6, 6.07) is 18.9. The third kappa shape index (κ3) is 18.5. The Hall–Kier alpha value is -6.24. The number of aromatic nitrogens is 7. The van der Waals surface area contributed by atoms with Gasteiger partial charge in [-0.05, 0) is 55.9 Å². The third-order valence-electron chi connectivity index (χ3n) is 11.7. The van der Waals surface area contributed by atoms with Crippen molar-refractivity contribution in [3.05, 3.63) is 177 Å². The Kier molecular flexibility index (Phi) is 25.7. The molecule has 0 bridgehead atoms. The summed E-state index contributed by atoms with van der Waals surface area (Å²) in [5.41, 5.74) is 6.99. The molecule has 13 nitrogen and oxygen atoms in total. The predicted octanol–water partition coefficient (Wildman–Crippen LogP) is 10.5. The molecule has 0 aromatic carbocycles. The largest absolute Gasteiger partial charge is 0 e. The normalized spacial score (nSPS) is 13.1. The van der Waals surface area contributed by atoms with Crippen molar-refractivity contribution in [2.75, 3.05) is 35.0 Å². The van der Waals surface area contributed by atoms with Crippen LogP contribution < -0.4 is 23.5 Å². The summed E-state index contributed by atoms with van der Waals surface area (Å²) in [7, 11) is 15.1. The van der Waals surface area contributed by atoms with Gasteiger partial charge in [0.25, 0.3) is 6.20 Å². The molecule has 0 N–H and O–H groups in total. The van der Waals surface area contributed by atoms with E-state index in [2.05, 4.69) is 118 Å². The first-order chi connectivity index (χ1) is 34.3. The zero-order chi connectivity index (χ0) is 49.9. The van der Waals surface area contributed by atoms with E-state index in [9.17, 15) is 0 Å². The van der Waals surface area contributed by atoms with Crippen LogP contribution in [0.2, 0.25) is 0 Å². The van der Waals surface area contributed by atoms with Crippen molar-refractivity contribution in [3.63, 3.8) is 0 Å². The molecule has 2 aliphatic rings. The molecule has 369 valence electrons. The first-order valence-corrected chi connectivity index (χ1v) is 26.1. The van der Waals surface area contributed by atoms with Gasteiger partial charge in [0.1, 0.15) is 41.4 Å². The second-order valence-electron chi connectivity index (χ2n) is 16.0. The number of aryl methyl sites for hydroxylation is 1.